The van der Waals surface area contributed by atoms with Gasteiger partial charge in [-0.3, -0.25) is 14.2 Å². The summed E-state index contributed by atoms with van der Waals surface area (Å²) in [5.74, 6) is -0.364. The van der Waals surface area contributed by atoms with Gasteiger partial charge in [-0.15, -0.1) is 11.3 Å². The van der Waals surface area contributed by atoms with Crippen molar-refractivity contribution in [3.63, 3.8) is 0 Å². The van der Waals surface area contributed by atoms with E-state index >= 15 is 0 Å². The van der Waals surface area contributed by atoms with Crippen LogP contribution in [0.5, 0.6) is 0 Å². The third-order valence-electron chi connectivity index (χ3n) is 8.39. The van der Waals surface area contributed by atoms with Crippen LogP contribution in [-0.4, -0.2) is 49.0 Å². The summed E-state index contributed by atoms with van der Waals surface area (Å²) < 4.78 is 36.0. The van der Waals surface area contributed by atoms with Crippen molar-refractivity contribution in [3.05, 3.63) is 56.7 Å². The minimum atomic E-state index is -4.08. The number of nitrogens with zero attached hydrogens (tertiary/aromatic N) is 1. The molecule has 1 aromatic carbocycles. The van der Waals surface area contributed by atoms with E-state index in [1.54, 1.807) is 11.3 Å². The van der Waals surface area contributed by atoms with Crippen LogP contribution >= 0.6 is 22.9 Å². The quantitative estimate of drug-likeness (QED) is 0.413. The minimum absolute atomic E-state index is 0.0152. The molecule has 0 radical (unpaired) electrons. The highest BCUT2D eigenvalue weighted by atomic mass is 35.5. The van der Waals surface area contributed by atoms with Gasteiger partial charge in [0.2, 0.25) is 0 Å². The van der Waals surface area contributed by atoms with Gasteiger partial charge in [0.25, 0.3) is 10.1 Å². The van der Waals surface area contributed by atoms with Gasteiger partial charge in [-0.2, -0.15) is 8.42 Å². The van der Waals surface area contributed by atoms with Gasteiger partial charge in [-0.05, 0) is 59.2 Å². The van der Waals surface area contributed by atoms with Crippen molar-refractivity contribution in [2.24, 2.45) is 16.7 Å². The first kappa shape index (κ1) is 27.3. The summed E-state index contributed by atoms with van der Waals surface area (Å²) >= 11 is 8.07. The molecule has 196 valence electrons. The van der Waals surface area contributed by atoms with E-state index in [-0.39, 0.29) is 23.1 Å². The Labute approximate surface area is 221 Å². The average molecular weight is 554 g/mol. The van der Waals surface area contributed by atoms with E-state index in [1.807, 2.05) is 38.1 Å². The number of ketones is 1. The summed E-state index contributed by atoms with van der Waals surface area (Å²) in [7, 11) is -2.65. The Morgan fingerprint density at radius 1 is 1.31 bits per heavy atom. The van der Waals surface area contributed by atoms with Crippen molar-refractivity contribution in [2.45, 2.75) is 52.1 Å². The van der Waals surface area contributed by atoms with Gasteiger partial charge in [0.15, 0.2) is 0 Å². The van der Waals surface area contributed by atoms with Crippen molar-refractivity contribution in [1.29, 1.82) is 0 Å². The second-order valence-electron chi connectivity index (χ2n) is 10.4. The number of hydrogen-bond acceptors (Lipinski definition) is 7. The van der Waals surface area contributed by atoms with Crippen LogP contribution in [-0.2, 0) is 37.4 Å². The number of methoxy groups -OCH3 is 1. The van der Waals surface area contributed by atoms with Crippen LogP contribution in [0.4, 0.5) is 0 Å². The topological polar surface area (TPSA) is 101 Å². The normalized spacial score (nSPS) is 25.6. The highest BCUT2D eigenvalue weighted by Crippen LogP contribution is 2.64. The molecular weight excluding hydrogens is 522 g/mol. The number of ether oxygens (including phenoxy) is 1. The zero-order valence-corrected chi connectivity index (χ0v) is 23.1. The molecule has 0 amide bonds. The molecule has 10 heteroatoms. The van der Waals surface area contributed by atoms with E-state index in [0.29, 0.717) is 17.9 Å². The maximum Gasteiger partial charge on any atom is 0.327 e. The summed E-state index contributed by atoms with van der Waals surface area (Å²) in [6, 6.07) is 9.16. The van der Waals surface area contributed by atoms with E-state index in [2.05, 4.69) is 16.3 Å². The lowest BCUT2D eigenvalue weighted by Crippen LogP contribution is -2.42. The van der Waals surface area contributed by atoms with Gasteiger partial charge < -0.3 is 4.74 Å². The van der Waals surface area contributed by atoms with E-state index in [1.165, 1.54) is 17.6 Å². The van der Waals surface area contributed by atoms with Crippen molar-refractivity contribution in [1.82, 2.24) is 4.90 Å². The Morgan fingerprint density at radius 2 is 2.03 bits per heavy atom. The summed E-state index contributed by atoms with van der Waals surface area (Å²) in [4.78, 5) is 27.7. The predicted molar refractivity (Wildman–Crippen MR) is 140 cm³/mol. The first-order chi connectivity index (χ1) is 16.9. The molecule has 36 heavy (non-hydrogen) atoms. The number of Topliss-reactive ketones (excluding diaryl/α,β-unsaturated/α-hetero) is 1. The Morgan fingerprint density at radius 3 is 2.61 bits per heavy atom. The summed E-state index contributed by atoms with van der Waals surface area (Å²) in [6.07, 6.45) is 2.94. The number of benzene rings is 1. The van der Waals surface area contributed by atoms with Gasteiger partial charge in [-0.1, -0.05) is 43.6 Å². The molecule has 2 fully saturated rings. The van der Waals surface area contributed by atoms with Crippen molar-refractivity contribution in [2.75, 3.05) is 19.4 Å². The molecule has 0 spiro atoms. The predicted octanol–water partition coefficient (Wildman–Crippen LogP) is 4.94. The molecule has 0 saturated heterocycles. The van der Waals surface area contributed by atoms with Crippen LogP contribution in [0.15, 0.2) is 35.7 Å². The van der Waals surface area contributed by atoms with Crippen LogP contribution < -0.4 is 0 Å². The second-order valence-corrected chi connectivity index (χ2v) is 13.3. The molecule has 2 bridgehead atoms. The van der Waals surface area contributed by atoms with Crippen molar-refractivity contribution < 1.29 is 27.3 Å². The van der Waals surface area contributed by atoms with E-state index in [9.17, 15) is 18.0 Å². The number of hydrogen-bond donors (Lipinski definition) is 1. The standard InChI is InChI=1S/C16H16ClNO2S.C10H16O4S/c1-20-16(19)15(12-4-2-3-5-13(12)17)18-8-6-14-11(10-18)7-9-21-14;1-9(2)7-3-4-10(9,8(11)5-7)6-15(12,13)14/h2-5,7,9,15H,6,8,10H2,1H3;7H,3-6H2,1-2H3,(H,12,13,14)/t15-;/m0./s1. The molecule has 7 nitrogen and oxygen atoms in total. The lowest BCUT2D eigenvalue weighted by atomic mass is 9.70. The third-order valence-corrected chi connectivity index (χ3v) is 10.6. The second kappa shape index (κ2) is 10.2. The number of esters is 1. The number of halogens is 1. The molecule has 5 rings (SSSR count). The summed E-state index contributed by atoms with van der Waals surface area (Å²) in [5, 5.41) is 2.71. The number of fused-ring (bicyclic) bond motifs is 3. The molecule has 1 aromatic heterocycles. The van der Waals surface area contributed by atoms with Crippen LogP contribution in [0.3, 0.4) is 0 Å². The fourth-order valence-corrected chi connectivity index (χ4v) is 8.62. The Kier molecular flexibility index (Phi) is 7.70. The molecule has 2 unspecified atom stereocenters. The molecule has 2 saturated carbocycles. The zero-order chi connectivity index (χ0) is 26.3. The molecule has 1 aliphatic heterocycles. The SMILES string of the molecule is CC1(C)C2CCC1(CS(=O)(=O)O)C(=O)C2.COC(=O)[C@H](c1ccccc1Cl)N1CCc2sccc2C1. The fourth-order valence-electron chi connectivity index (χ4n) is 6.19. The minimum Gasteiger partial charge on any atom is -0.468 e. The smallest absolute Gasteiger partial charge is 0.327 e. The first-order valence-corrected chi connectivity index (χ1v) is 14.9. The van der Waals surface area contributed by atoms with Gasteiger partial charge in [-0.25, -0.2) is 4.79 Å². The Bertz CT molecular complexity index is 1260. The third kappa shape index (κ3) is 5.00. The van der Waals surface area contributed by atoms with Gasteiger partial charge in [0, 0.05) is 29.4 Å². The van der Waals surface area contributed by atoms with Gasteiger partial charge >= 0.3 is 5.97 Å². The van der Waals surface area contributed by atoms with Crippen molar-refractivity contribution in [3.8, 4) is 0 Å². The molecule has 3 atom stereocenters. The number of rotatable bonds is 5. The van der Waals surface area contributed by atoms with Gasteiger partial charge in [0.05, 0.1) is 18.3 Å². The summed E-state index contributed by atoms with van der Waals surface area (Å²) in [6.45, 7) is 5.48. The molecular formula is C26H32ClNO6S2. The van der Waals surface area contributed by atoms with Crippen LogP contribution in [0.25, 0.3) is 0 Å². The summed E-state index contributed by atoms with van der Waals surface area (Å²) in [5.41, 5.74) is 0.988. The maximum absolute atomic E-state index is 12.3. The lowest BCUT2D eigenvalue weighted by molar-refractivity contribution is -0.147. The Balaban J connectivity index is 0.000000179. The molecule has 2 aromatic rings. The monoisotopic (exact) mass is 553 g/mol. The highest BCUT2D eigenvalue weighted by Gasteiger charge is 2.65. The number of carbonyl (C=O) groups excluding carboxylic acids is 2. The lowest BCUT2D eigenvalue weighted by Gasteiger charge is -2.35. The van der Waals surface area contributed by atoms with Crippen molar-refractivity contribution >= 4 is 44.8 Å². The van der Waals surface area contributed by atoms with Crippen LogP contribution in [0, 0.1) is 16.7 Å². The van der Waals surface area contributed by atoms with E-state index < -0.39 is 27.3 Å². The molecule has 2 aliphatic carbocycles. The maximum atomic E-state index is 12.3. The van der Waals surface area contributed by atoms with Gasteiger partial charge in [0.1, 0.15) is 11.8 Å². The molecule has 3 aliphatic rings. The molecule has 1 N–H and O–H groups in total. The largest absolute Gasteiger partial charge is 0.468 e. The fraction of sp³-hybridized carbons (Fsp3) is 0.538. The van der Waals surface area contributed by atoms with E-state index in [0.717, 1.165) is 31.5 Å². The zero-order valence-electron chi connectivity index (χ0n) is 20.7. The Hall–Kier alpha value is -1.78. The molecule has 2 heterocycles. The average Bonchev–Trinajstić information content (AvgIpc) is 3.42. The van der Waals surface area contributed by atoms with Crippen LogP contribution in [0.1, 0.15) is 55.2 Å². The van der Waals surface area contributed by atoms with Crippen LogP contribution in [0.2, 0.25) is 5.02 Å². The van der Waals surface area contributed by atoms with E-state index in [4.69, 9.17) is 20.9 Å². The highest BCUT2D eigenvalue weighted by molar-refractivity contribution is 7.85. The number of thiophene rings is 1. The number of carbonyl (C=O) groups is 2. The first-order valence-electron chi connectivity index (χ1n) is 12.0.